The Morgan fingerprint density at radius 1 is 0.545 bits per heavy atom. The summed E-state index contributed by atoms with van der Waals surface area (Å²) in [6.45, 7) is 0.688. The summed E-state index contributed by atoms with van der Waals surface area (Å²) in [6.07, 6.45) is 15.5. The molecule has 1 amide bonds. The minimum Gasteiger partial charge on any atom is -0.374 e. The van der Waals surface area contributed by atoms with Gasteiger partial charge in [-0.15, -0.1) is 5.10 Å². The Morgan fingerprint density at radius 3 is 1.45 bits per heavy atom. The molecule has 66 heavy (non-hydrogen) atoms. The molecule has 3 N–H and O–H groups in total. The summed E-state index contributed by atoms with van der Waals surface area (Å²) in [5, 5.41) is 42.0. The van der Waals surface area contributed by atoms with Gasteiger partial charge in [0, 0.05) is 12.6 Å². The molecule has 1 saturated heterocycles. The molecule has 2 fully saturated rings. The van der Waals surface area contributed by atoms with E-state index in [9.17, 15) is 15.0 Å². The van der Waals surface area contributed by atoms with Crippen molar-refractivity contribution >= 4 is 6.03 Å². The van der Waals surface area contributed by atoms with Crippen molar-refractivity contribution in [2.75, 3.05) is 6.54 Å². The van der Waals surface area contributed by atoms with Gasteiger partial charge in [0.2, 0.25) is 0 Å². The van der Waals surface area contributed by atoms with Crippen molar-refractivity contribution in [3.05, 3.63) is 239 Å². The van der Waals surface area contributed by atoms with Crippen LogP contribution in [0.15, 0.2) is 194 Å². The first kappa shape index (κ1) is 45.6. The maximum Gasteiger partial charge on any atom is 0.346 e. The Hall–Kier alpha value is -7.01. The maximum absolute atomic E-state index is 13.5. The lowest BCUT2D eigenvalue weighted by molar-refractivity contribution is 0.120. The number of hydrogen-bond acceptors (Lipinski definition) is 7. The zero-order valence-electron chi connectivity index (χ0n) is 37.4. The van der Waals surface area contributed by atoms with Crippen molar-refractivity contribution in [3.8, 4) is 0 Å². The molecule has 1 aliphatic heterocycles. The molecule has 0 spiro atoms. The number of aromatic amines is 1. The van der Waals surface area contributed by atoms with Crippen LogP contribution in [0.1, 0.15) is 96.1 Å². The zero-order chi connectivity index (χ0) is 45.4. The maximum atomic E-state index is 13.5. The third-order valence-electron chi connectivity index (χ3n) is 12.9. The molecule has 10 rings (SSSR count). The van der Waals surface area contributed by atoms with E-state index in [-0.39, 0.29) is 12.1 Å². The van der Waals surface area contributed by atoms with E-state index < -0.39 is 11.2 Å². The first-order chi connectivity index (χ1) is 32.4. The number of hydrogen-bond donors (Lipinski definition) is 3. The van der Waals surface area contributed by atoms with E-state index in [1.54, 1.807) is 12.4 Å². The second kappa shape index (κ2) is 22.3. The second-order valence-corrected chi connectivity index (χ2v) is 17.3. The van der Waals surface area contributed by atoms with Gasteiger partial charge in [-0.25, -0.2) is 4.79 Å². The Kier molecular flexibility index (Phi) is 15.4. The molecule has 3 heterocycles. The average molecular weight is 878 g/mol. The zero-order valence-corrected chi connectivity index (χ0v) is 37.4. The minimum atomic E-state index is -1.52. The summed E-state index contributed by atoms with van der Waals surface area (Å²) in [5.74, 6) is 0.969. The van der Waals surface area contributed by atoms with Crippen LogP contribution in [0.5, 0.6) is 0 Å². The molecule has 0 radical (unpaired) electrons. The van der Waals surface area contributed by atoms with Crippen molar-refractivity contribution in [1.82, 2.24) is 35.3 Å². The van der Waals surface area contributed by atoms with E-state index in [2.05, 4.69) is 68.2 Å². The number of carbonyl (C=O) groups is 1. The van der Waals surface area contributed by atoms with Crippen molar-refractivity contribution in [3.63, 3.8) is 0 Å². The van der Waals surface area contributed by atoms with Crippen molar-refractivity contribution in [2.45, 2.75) is 81.5 Å². The van der Waals surface area contributed by atoms with Crippen molar-refractivity contribution in [2.24, 2.45) is 5.92 Å². The normalized spacial score (nSPS) is 15.4. The van der Waals surface area contributed by atoms with Gasteiger partial charge in [-0.1, -0.05) is 219 Å². The summed E-state index contributed by atoms with van der Waals surface area (Å²) >= 11 is 0. The summed E-state index contributed by atoms with van der Waals surface area (Å²) < 4.78 is 1.27. The number of nitrogens with one attached hydrogen (secondary N) is 1. The summed E-state index contributed by atoms with van der Waals surface area (Å²) in [7, 11) is 0. The van der Waals surface area contributed by atoms with Gasteiger partial charge in [0.05, 0.1) is 12.4 Å². The lowest BCUT2D eigenvalue weighted by Crippen LogP contribution is -2.47. The molecule has 0 bridgehead atoms. The van der Waals surface area contributed by atoms with Crippen LogP contribution in [0.4, 0.5) is 4.79 Å². The number of rotatable bonds is 10. The smallest absolute Gasteiger partial charge is 0.346 e. The van der Waals surface area contributed by atoms with Crippen LogP contribution in [0, 0.1) is 5.92 Å². The molecule has 6 aromatic carbocycles. The van der Waals surface area contributed by atoms with Gasteiger partial charge in [-0.2, -0.15) is 20.1 Å². The number of nitrogens with zero attached hydrogens (tertiary/aromatic N) is 6. The van der Waals surface area contributed by atoms with Crippen LogP contribution in [0.3, 0.4) is 0 Å². The van der Waals surface area contributed by atoms with Crippen molar-refractivity contribution in [1.29, 1.82) is 0 Å². The van der Waals surface area contributed by atoms with Gasteiger partial charge >= 0.3 is 6.03 Å². The predicted molar refractivity (Wildman–Crippen MR) is 258 cm³/mol. The molecular weight excluding hydrogens is 819 g/mol. The Balaban J connectivity index is 0.000000154. The monoisotopic (exact) mass is 877 g/mol. The molecule has 2 aliphatic rings. The fourth-order valence-corrected chi connectivity index (χ4v) is 9.36. The van der Waals surface area contributed by atoms with Crippen LogP contribution in [-0.4, -0.2) is 64.1 Å². The molecule has 336 valence electrons. The molecule has 1 atom stereocenters. The highest BCUT2D eigenvalue weighted by Gasteiger charge is 2.39. The molecule has 2 aromatic heterocycles. The standard InChI is InChI=1S/C28H28N4O2.C15H13N3O.C13H18/c33-27(31-19-11-10-18-25(31)20-22-12-4-1-5-13-22)32-21-26(29-30-32)28(34,23-14-6-2-7-15-23)24-16-8-3-9-17-24;19-15(14-11-16-18-17-14,12-7-3-1-4-8-12)13-9-5-2-6-10-13;1-3-7-12(8-4-1)11-13-9-5-2-6-10-13/h1-9,12-17,21,25,34H,10-11,18-20H2;1-11,19H,(H,16,17,18);1,3-4,7-8,13H,2,5-6,9-11H2. The molecule has 8 aromatic rings. The van der Waals surface area contributed by atoms with Crippen LogP contribution in [-0.2, 0) is 24.0 Å². The number of benzene rings is 6. The van der Waals surface area contributed by atoms with Crippen LogP contribution < -0.4 is 0 Å². The van der Waals surface area contributed by atoms with Gasteiger partial charge in [0.15, 0.2) is 11.2 Å². The fourth-order valence-electron chi connectivity index (χ4n) is 9.36. The van der Waals surface area contributed by atoms with Crippen LogP contribution >= 0.6 is 0 Å². The Morgan fingerprint density at radius 2 is 0.985 bits per heavy atom. The van der Waals surface area contributed by atoms with Gasteiger partial charge in [0.1, 0.15) is 11.4 Å². The number of likely N-dealkylation sites (tertiary alicyclic amines) is 1. The number of H-pyrrole nitrogens is 1. The van der Waals surface area contributed by atoms with E-state index >= 15 is 0 Å². The Bertz CT molecular complexity index is 2540. The first-order valence-electron chi connectivity index (χ1n) is 23.3. The first-order valence-corrected chi connectivity index (χ1v) is 23.3. The van der Waals surface area contributed by atoms with E-state index in [4.69, 9.17) is 0 Å². The SMILES string of the molecule is O=C(N1CCCCC1Cc1ccccc1)n1cc(C(O)(c2ccccc2)c2ccccc2)nn1.OC(c1ccccc1)(c1ccccc1)c1cn[nH]n1.c1ccc(CC2CCCCC2)cc1. The second-order valence-electron chi connectivity index (χ2n) is 17.3. The van der Waals surface area contributed by atoms with Gasteiger partial charge in [-0.3, -0.25) is 0 Å². The Labute approximate surface area is 388 Å². The number of piperidine rings is 1. The lowest BCUT2D eigenvalue weighted by atomic mass is 9.84. The van der Waals surface area contributed by atoms with Crippen LogP contribution in [0.25, 0.3) is 0 Å². The highest BCUT2D eigenvalue weighted by Crippen LogP contribution is 2.36. The van der Waals surface area contributed by atoms with E-state index in [1.165, 1.54) is 54.3 Å². The average Bonchev–Trinajstić information content (AvgIpc) is 4.14. The van der Waals surface area contributed by atoms with E-state index in [1.807, 2.05) is 144 Å². The van der Waals surface area contributed by atoms with E-state index in [0.717, 1.165) is 42.7 Å². The quantitative estimate of drug-likeness (QED) is 0.125. The number of amides is 1. The molecule has 10 heteroatoms. The molecule has 10 nitrogen and oxygen atoms in total. The number of aliphatic hydroxyl groups is 2. The summed E-state index contributed by atoms with van der Waals surface area (Å²) in [4.78, 5) is 15.4. The molecule has 1 saturated carbocycles. The van der Waals surface area contributed by atoms with Gasteiger partial charge in [0.25, 0.3) is 0 Å². The van der Waals surface area contributed by atoms with Gasteiger partial charge < -0.3 is 15.1 Å². The van der Waals surface area contributed by atoms with Crippen LogP contribution in [0.2, 0.25) is 0 Å². The number of aromatic nitrogens is 6. The van der Waals surface area contributed by atoms with E-state index in [0.29, 0.717) is 29.1 Å². The highest BCUT2D eigenvalue weighted by molar-refractivity contribution is 5.76. The molecule has 1 aliphatic carbocycles. The third kappa shape index (κ3) is 10.9. The minimum absolute atomic E-state index is 0.110. The third-order valence-corrected chi connectivity index (χ3v) is 12.9. The topological polar surface area (TPSA) is 133 Å². The lowest BCUT2D eigenvalue weighted by Gasteiger charge is -2.35. The summed E-state index contributed by atoms with van der Waals surface area (Å²) in [5.41, 5.74) is 3.57. The highest BCUT2D eigenvalue weighted by atomic mass is 16.3. The fraction of sp³-hybridized carbons (Fsp3) is 0.268. The molecule has 1 unspecified atom stereocenters. The van der Waals surface area contributed by atoms with Crippen molar-refractivity contribution < 1.29 is 15.0 Å². The molecular formula is C56H59N7O3. The van der Waals surface area contributed by atoms with Gasteiger partial charge in [-0.05, 0) is 71.4 Å². The summed E-state index contributed by atoms with van der Waals surface area (Å²) in [6, 6.07) is 58.7. The predicted octanol–water partition coefficient (Wildman–Crippen LogP) is 10.5. The largest absolute Gasteiger partial charge is 0.374 e. The number of carbonyl (C=O) groups excluding carboxylic acids is 1.